The Bertz CT molecular complexity index is 1340. The van der Waals surface area contributed by atoms with Crippen LogP contribution in [-0.2, 0) is 22.6 Å². The molecule has 0 aliphatic carbocycles. The largest absolute Gasteiger partial charge is 0.507 e. The summed E-state index contributed by atoms with van der Waals surface area (Å²) in [5.41, 5.74) is 0.614. The van der Waals surface area contributed by atoms with E-state index in [0.717, 1.165) is 18.2 Å². The van der Waals surface area contributed by atoms with E-state index in [0.29, 0.717) is 29.7 Å². The molecular weight excluding hydrogens is 476 g/mol. The van der Waals surface area contributed by atoms with Crippen molar-refractivity contribution in [2.45, 2.75) is 71.4 Å². The van der Waals surface area contributed by atoms with Crippen molar-refractivity contribution in [1.29, 1.82) is 0 Å². The summed E-state index contributed by atoms with van der Waals surface area (Å²) < 4.78 is 17.9. The smallest absolute Gasteiger partial charge is 0.333 e. The van der Waals surface area contributed by atoms with Crippen LogP contribution in [0, 0.1) is 0 Å². The fraction of sp³-hybridized carbons (Fsp3) is 0.429. The fourth-order valence-corrected chi connectivity index (χ4v) is 4.59. The van der Waals surface area contributed by atoms with Crippen LogP contribution in [-0.4, -0.2) is 40.6 Å². The number of phenolic OH excluding ortho intramolecular Hbond substituents is 1. The zero-order valence-corrected chi connectivity index (χ0v) is 21.6. The number of rotatable bonds is 8. The zero-order valence-electron chi connectivity index (χ0n) is 21.6. The van der Waals surface area contributed by atoms with E-state index in [1.54, 1.807) is 26.0 Å². The predicted molar refractivity (Wildman–Crippen MR) is 139 cm³/mol. The van der Waals surface area contributed by atoms with Gasteiger partial charge in [0.25, 0.3) is 0 Å². The third-order valence-electron chi connectivity index (χ3n) is 6.97. The van der Waals surface area contributed by atoms with Gasteiger partial charge in [0.15, 0.2) is 5.43 Å². The van der Waals surface area contributed by atoms with Crippen LogP contribution in [0.1, 0.15) is 51.9 Å². The minimum Gasteiger partial charge on any atom is -0.507 e. The number of dihydropyridines is 1. The Hall–Kier alpha value is -3.56. The highest BCUT2D eigenvalue weighted by atomic mass is 16.6. The Balaban J connectivity index is 1.68. The molecule has 0 saturated carbocycles. The maximum Gasteiger partial charge on any atom is 0.333 e. The highest BCUT2D eigenvalue weighted by molar-refractivity contribution is 5.88. The van der Waals surface area contributed by atoms with Crippen LogP contribution in [0.5, 0.6) is 11.5 Å². The molecule has 9 heteroatoms. The number of carbonyl (C=O) groups is 1. The van der Waals surface area contributed by atoms with Gasteiger partial charge in [0.05, 0.1) is 6.17 Å². The number of hydrogen-bond acceptors (Lipinski definition) is 9. The third kappa shape index (κ3) is 5.42. The van der Waals surface area contributed by atoms with Crippen molar-refractivity contribution in [3.8, 4) is 11.5 Å². The molecule has 2 aliphatic rings. The number of benzene rings is 1. The quantitative estimate of drug-likeness (QED) is 0.312. The third-order valence-corrected chi connectivity index (χ3v) is 6.97. The van der Waals surface area contributed by atoms with Gasteiger partial charge in [-0.2, -0.15) is 0 Å². The molecule has 0 spiro atoms. The summed E-state index contributed by atoms with van der Waals surface area (Å²) in [6.45, 7) is 7.75. The first-order valence-electron chi connectivity index (χ1n) is 12.5. The van der Waals surface area contributed by atoms with E-state index < -0.39 is 29.7 Å². The van der Waals surface area contributed by atoms with E-state index in [1.165, 1.54) is 0 Å². The average Bonchev–Trinajstić information content (AvgIpc) is 2.88. The van der Waals surface area contributed by atoms with Crippen LogP contribution < -0.4 is 20.8 Å². The lowest BCUT2D eigenvalue weighted by Gasteiger charge is -2.42. The number of allylic oxidation sites excluding steroid dienone is 3. The lowest BCUT2D eigenvalue weighted by Crippen LogP contribution is -2.51. The highest BCUT2D eigenvalue weighted by Gasteiger charge is 2.45. The highest BCUT2D eigenvalue weighted by Crippen LogP contribution is 2.44. The number of hydrogen-bond donors (Lipinski definition) is 4. The number of aliphatic hydroxyl groups excluding tert-OH is 1. The molecule has 3 atom stereocenters. The summed E-state index contributed by atoms with van der Waals surface area (Å²) in [6.07, 6.45) is 8.43. The molecule has 0 radical (unpaired) electrons. The van der Waals surface area contributed by atoms with E-state index >= 15 is 0 Å². The lowest BCUT2D eigenvalue weighted by molar-refractivity contribution is -0.158. The molecule has 3 heterocycles. The van der Waals surface area contributed by atoms with Gasteiger partial charge in [-0.25, -0.2) is 4.79 Å². The van der Waals surface area contributed by atoms with Crippen LogP contribution in [0.15, 0.2) is 56.9 Å². The monoisotopic (exact) mass is 510 g/mol. The second kappa shape index (κ2) is 10.8. The van der Waals surface area contributed by atoms with Crippen LogP contribution >= 0.6 is 0 Å². The number of aliphatic hydroxyl groups is 1. The Labute approximate surface area is 215 Å². The molecule has 198 valence electrons. The van der Waals surface area contributed by atoms with E-state index in [4.69, 9.17) is 13.9 Å². The van der Waals surface area contributed by atoms with Gasteiger partial charge in [-0.05, 0) is 51.8 Å². The van der Waals surface area contributed by atoms with Gasteiger partial charge in [-0.15, -0.1) is 0 Å². The number of phenols is 1. The second-order valence-electron chi connectivity index (χ2n) is 9.57. The van der Waals surface area contributed by atoms with Gasteiger partial charge in [0.2, 0.25) is 0 Å². The van der Waals surface area contributed by atoms with Gasteiger partial charge >= 0.3 is 5.97 Å². The van der Waals surface area contributed by atoms with Gasteiger partial charge in [-0.3, -0.25) is 10.1 Å². The van der Waals surface area contributed by atoms with Crippen molar-refractivity contribution >= 4 is 16.9 Å². The maximum absolute atomic E-state index is 12.7. The summed E-state index contributed by atoms with van der Waals surface area (Å²) >= 11 is 0. The van der Waals surface area contributed by atoms with Crippen molar-refractivity contribution in [3.05, 3.63) is 69.3 Å². The van der Waals surface area contributed by atoms with Crippen molar-refractivity contribution in [2.24, 2.45) is 0 Å². The molecule has 0 saturated heterocycles. The Kier molecular flexibility index (Phi) is 7.75. The molecule has 3 unspecified atom stereocenters. The molecule has 37 heavy (non-hydrogen) atoms. The van der Waals surface area contributed by atoms with E-state index in [1.807, 2.05) is 20.0 Å². The molecule has 4 N–H and O–H groups in total. The first-order valence-corrected chi connectivity index (χ1v) is 12.5. The number of esters is 1. The standard InChI is InChI=1S/C28H34N2O7/c1-5-16(3)27(34)36-23-12-19-21(13-22-25(26(19)33)20(32)11-18(15-31)35-22)37-28(23,4)10-9-17-7-8-24(29-6-2)30-14-17/h5,7-8,11,13-14,23-24,29-31,33H,6,9-10,12,15H2,1-4H3. The maximum atomic E-state index is 12.7. The molecular formula is C28H34N2O7. The summed E-state index contributed by atoms with van der Waals surface area (Å²) in [7, 11) is 0. The lowest BCUT2D eigenvalue weighted by atomic mass is 9.83. The van der Waals surface area contributed by atoms with Crippen LogP contribution in [0.4, 0.5) is 0 Å². The normalized spacial score (nSPS) is 23.2. The van der Waals surface area contributed by atoms with Crippen molar-refractivity contribution in [2.75, 3.05) is 6.54 Å². The summed E-state index contributed by atoms with van der Waals surface area (Å²) in [5.74, 6) is -0.305. The first-order chi connectivity index (χ1) is 17.7. The van der Waals surface area contributed by atoms with Gasteiger partial charge in [0, 0.05) is 35.9 Å². The number of fused-ring (bicyclic) bond motifs is 2. The van der Waals surface area contributed by atoms with Crippen molar-refractivity contribution in [3.63, 3.8) is 0 Å². The first kappa shape index (κ1) is 26.5. The van der Waals surface area contributed by atoms with Crippen molar-refractivity contribution in [1.82, 2.24) is 10.6 Å². The van der Waals surface area contributed by atoms with Crippen molar-refractivity contribution < 1.29 is 28.9 Å². The number of nitrogens with one attached hydrogen (secondary N) is 2. The van der Waals surface area contributed by atoms with Crippen LogP contribution in [0.25, 0.3) is 11.0 Å². The van der Waals surface area contributed by atoms with Gasteiger partial charge in [-0.1, -0.05) is 19.1 Å². The molecule has 0 fully saturated rings. The number of likely N-dealkylation sites (N-methyl/N-ethyl adjacent to an activating group) is 1. The molecule has 0 amide bonds. The second-order valence-corrected chi connectivity index (χ2v) is 9.57. The molecule has 2 aromatic rings. The SMILES string of the molecule is CC=C(C)C(=O)OC1Cc2c(cc3oc(CO)cc(=O)c3c2O)OC1(C)CCC1=CNC(NCC)C=C1. The fourth-order valence-electron chi connectivity index (χ4n) is 4.59. The summed E-state index contributed by atoms with van der Waals surface area (Å²) in [4.78, 5) is 25.4. The summed E-state index contributed by atoms with van der Waals surface area (Å²) in [5, 5.41) is 27.1. The average molecular weight is 511 g/mol. The minimum absolute atomic E-state index is 0.00307. The van der Waals surface area contributed by atoms with Crippen LogP contribution in [0.2, 0.25) is 0 Å². The summed E-state index contributed by atoms with van der Waals surface area (Å²) in [6, 6.07) is 2.70. The number of ether oxygens (including phenoxy) is 2. The Morgan fingerprint density at radius 3 is 2.81 bits per heavy atom. The van der Waals surface area contributed by atoms with E-state index in [2.05, 4.69) is 22.8 Å². The van der Waals surface area contributed by atoms with Crippen LogP contribution in [0.3, 0.4) is 0 Å². The van der Waals surface area contributed by atoms with Gasteiger partial charge in [0.1, 0.15) is 46.5 Å². The molecule has 0 bridgehead atoms. The predicted octanol–water partition coefficient (Wildman–Crippen LogP) is 3.32. The number of aromatic hydroxyl groups is 1. The topological polar surface area (TPSA) is 130 Å². The molecule has 1 aromatic heterocycles. The molecule has 4 rings (SSSR count). The molecule has 9 nitrogen and oxygen atoms in total. The Morgan fingerprint density at radius 2 is 2.16 bits per heavy atom. The molecule has 2 aliphatic heterocycles. The minimum atomic E-state index is -0.932. The molecule has 1 aromatic carbocycles. The Morgan fingerprint density at radius 1 is 1.38 bits per heavy atom. The van der Waals surface area contributed by atoms with Gasteiger partial charge < -0.3 is 29.4 Å². The van der Waals surface area contributed by atoms with E-state index in [9.17, 15) is 19.8 Å². The number of carbonyl (C=O) groups excluding carboxylic acids is 1. The zero-order chi connectivity index (χ0) is 26.7. The van der Waals surface area contributed by atoms with E-state index in [-0.39, 0.29) is 35.1 Å².